The molecule has 21 heavy (non-hydrogen) atoms. The van der Waals surface area contributed by atoms with E-state index in [0.717, 1.165) is 24.3 Å². The highest BCUT2D eigenvalue weighted by molar-refractivity contribution is 5.62. The third-order valence-electron chi connectivity index (χ3n) is 3.47. The van der Waals surface area contributed by atoms with E-state index in [4.69, 9.17) is 0 Å². The Balaban J connectivity index is 1.62. The minimum atomic E-state index is 0.359. The Morgan fingerprint density at radius 3 is 2.90 bits per heavy atom. The van der Waals surface area contributed by atoms with Gasteiger partial charge in [-0.1, -0.05) is 30.3 Å². The molecule has 1 aromatic carbocycles. The molecule has 5 heteroatoms. The lowest BCUT2D eigenvalue weighted by Gasteiger charge is -2.14. The van der Waals surface area contributed by atoms with Crippen molar-refractivity contribution in [3.05, 3.63) is 60.8 Å². The van der Waals surface area contributed by atoms with Crippen LogP contribution in [-0.2, 0) is 13.1 Å². The monoisotopic (exact) mass is 281 g/mol. The van der Waals surface area contributed by atoms with E-state index in [-0.39, 0.29) is 0 Å². The molecule has 0 fully saturated rings. The standard InChI is InChI=1S/C16H19N5/c1-13(11-21-8-7-17-12-21)18-9-15-10-19-20-16(15)14-5-3-2-4-6-14/h2-8,10,12-13,18H,9,11H2,1H3,(H,19,20). The molecule has 0 saturated heterocycles. The third-order valence-corrected chi connectivity index (χ3v) is 3.47. The summed E-state index contributed by atoms with van der Waals surface area (Å²) in [5.41, 5.74) is 3.42. The molecule has 0 aliphatic rings. The molecule has 2 aromatic heterocycles. The minimum Gasteiger partial charge on any atom is -0.336 e. The zero-order valence-corrected chi connectivity index (χ0v) is 12.0. The van der Waals surface area contributed by atoms with E-state index in [2.05, 4.69) is 44.1 Å². The number of benzene rings is 1. The van der Waals surface area contributed by atoms with E-state index in [1.54, 1.807) is 6.20 Å². The first-order valence-electron chi connectivity index (χ1n) is 7.09. The van der Waals surface area contributed by atoms with Crippen LogP contribution in [0.15, 0.2) is 55.2 Å². The highest BCUT2D eigenvalue weighted by Crippen LogP contribution is 2.20. The molecule has 0 radical (unpaired) electrons. The van der Waals surface area contributed by atoms with E-state index in [0.29, 0.717) is 6.04 Å². The molecule has 0 amide bonds. The van der Waals surface area contributed by atoms with Gasteiger partial charge in [-0.05, 0) is 12.5 Å². The number of aromatic amines is 1. The second-order valence-electron chi connectivity index (χ2n) is 5.18. The smallest absolute Gasteiger partial charge is 0.0946 e. The summed E-state index contributed by atoms with van der Waals surface area (Å²) in [6.07, 6.45) is 7.51. The van der Waals surface area contributed by atoms with Gasteiger partial charge in [0, 0.05) is 37.1 Å². The Morgan fingerprint density at radius 1 is 1.29 bits per heavy atom. The van der Waals surface area contributed by atoms with Crippen LogP contribution in [0.3, 0.4) is 0 Å². The summed E-state index contributed by atoms with van der Waals surface area (Å²) in [6, 6.07) is 10.6. The fourth-order valence-corrected chi connectivity index (χ4v) is 2.36. The molecule has 1 atom stereocenters. The van der Waals surface area contributed by atoms with Crippen LogP contribution in [0.4, 0.5) is 0 Å². The van der Waals surface area contributed by atoms with Crippen molar-refractivity contribution in [3.63, 3.8) is 0 Å². The average molecular weight is 281 g/mol. The lowest BCUT2D eigenvalue weighted by molar-refractivity contribution is 0.476. The molecule has 0 aliphatic heterocycles. The fourth-order valence-electron chi connectivity index (χ4n) is 2.36. The minimum absolute atomic E-state index is 0.359. The molecule has 108 valence electrons. The van der Waals surface area contributed by atoms with Crippen LogP contribution < -0.4 is 5.32 Å². The number of hydrogen-bond acceptors (Lipinski definition) is 3. The number of H-pyrrole nitrogens is 1. The van der Waals surface area contributed by atoms with Crippen LogP contribution in [-0.4, -0.2) is 25.8 Å². The molecule has 2 N–H and O–H groups in total. The zero-order valence-electron chi connectivity index (χ0n) is 12.0. The summed E-state index contributed by atoms with van der Waals surface area (Å²) in [6.45, 7) is 3.86. The number of hydrogen-bond donors (Lipinski definition) is 2. The normalized spacial score (nSPS) is 12.4. The average Bonchev–Trinajstić information content (AvgIpc) is 3.17. The zero-order chi connectivity index (χ0) is 14.5. The number of rotatable bonds is 6. The van der Waals surface area contributed by atoms with Crippen LogP contribution in [0.5, 0.6) is 0 Å². The number of imidazole rings is 1. The SMILES string of the molecule is CC(Cn1ccnc1)NCc1cn[nH]c1-c1ccccc1. The van der Waals surface area contributed by atoms with Crippen LogP contribution >= 0.6 is 0 Å². The van der Waals surface area contributed by atoms with Crippen molar-refractivity contribution in [2.75, 3.05) is 0 Å². The molecule has 3 aromatic rings. The van der Waals surface area contributed by atoms with Crippen LogP contribution in [0.2, 0.25) is 0 Å². The van der Waals surface area contributed by atoms with Gasteiger partial charge in [-0.3, -0.25) is 5.10 Å². The second kappa shape index (κ2) is 6.37. The first-order chi connectivity index (χ1) is 10.3. The van der Waals surface area contributed by atoms with Gasteiger partial charge in [-0.15, -0.1) is 0 Å². The van der Waals surface area contributed by atoms with Gasteiger partial charge in [0.1, 0.15) is 0 Å². The topological polar surface area (TPSA) is 58.5 Å². The van der Waals surface area contributed by atoms with Gasteiger partial charge >= 0.3 is 0 Å². The van der Waals surface area contributed by atoms with E-state index < -0.39 is 0 Å². The summed E-state index contributed by atoms with van der Waals surface area (Å²) in [5.74, 6) is 0. The Bertz CT molecular complexity index is 657. The summed E-state index contributed by atoms with van der Waals surface area (Å²) in [5, 5.41) is 10.8. The van der Waals surface area contributed by atoms with Crippen LogP contribution in [0.1, 0.15) is 12.5 Å². The Labute approximate surface area is 124 Å². The molecule has 0 aliphatic carbocycles. The molecule has 0 saturated carbocycles. The summed E-state index contributed by atoms with van der Waals surface area (Å²) < 4.78 is 2.07. The lowest BCUT2D eigenvalue weighted by Crippen LogP contribution is -2.29. The predicted octanol–water partition coefficient (Wildman–Crippen LogP) is 2.45. The van der Waals surface area contributed by atoms with Crippen molar-refractivity contribution in [1.82, 2.24) is 25.1 Å². The van der Waals surface area contributed by atoms with Gasteiger partial charge in [0.2, 0.25) is 0 Å². The molecule has 0 spiro atoms. The quantitative estimate of drug-likeness (QED) is 0.729. The van der Waals surface area contributed by atoms with Gasteiger partial charge in [0.15, 0.2) is 0 Å². The van der Waals surface area contributed by atoms with E-state index >= 15 is 0 Å². The van der Waals surface area contributed by atoms with Crippen molar-refractivity contribution in [2.24, 2.45) is 0 Å². The molecule has 2 heterocycles. The van der Waals surface area contributed by atoms with Gasteiger partial charge in [0.05, 0.1) is 18.2 Å². The third kappa shape index (κ3) is 3.38. The van der Waals surface area contributed by atoms with Crippen molar-refractivity contribution < 1.29 is 0 Å². The van der Waals surface area contributed by atoms with Crippen molar-refractivity contribution in [3.8, 4) is 11.3 Å². The molecule has 3 rings (SSSR count). The summed E-state index contributed by atoms with van der Waals surface area (Å²) in [7, 11) is 0. The number of aromatic nitrogens is 4. The highest BCUT2D eigenvalue weighted by atomic mass is 15.1. The Morgan fingerprint density at radius 2 is 2.14 bits per heavy atom. The van der Waals surface area contributed by atoms with Crippen LogP contribution in [0, 0.1) is 0 Å². The lowest BCUT2D eigenvalue weighted by atomic mass is 10.1. The number of nitrogens with zero attached hydrogens (tertiary/aromatic N) is 3. The Hall–Kier alpha value is -2.40. The Kier molecular flexibility index (Phi) is 4.12. The highest BCUT2D eigenvalue weighted by Gasteiger charge is 2.09. The fraction of sp³-hybridized carbons (Fsp3) is 0.250. The van der Waals surface area contributed by atoms with Crippen molar-refractivity contribution in [2.45, 2.75) is 26.1 Å². The number of nitrogens with one attached hydrogen (secondary N) is 2. The molecule has 1 unspecified atom stereocenters. The maximum atomic E-state index is 4.17. The van der Waals surface area contributed by atoms with Crippen molar-refractivity contribution in [1.29, 1.82) is 0 Å². The second-order valence-corrected chi connectivity index (χ2v) is 5.18. The van der Waals surface area contributed by atoms with Crippen molar-refractivity contribution >= 4 is 0 Å². The molecule has 5 nitrogen and oxygen atoms in total. The van der Waals surface area contributed by atoms with Gasteiger partial charge in [0.25, 0.3) is 0 Å². The molecule has 0 bridgehead atoms. The largest absolute Gasteiger partial charge is 0.336 e. The van der Waals surface area contributed by atoms with Crippen LogP contribution in [0.25, 0.3) is 11.3 Å². The first kappa shape index (κ1) is 13.6. The first-order valence-corrected chi connectivity index (χ1v) is 7.09. The van der Waals surface area contributed by atoms with E-state index in [1.807, 2.05) is 36.9 Å². The maximum absolute atomic E-state index is 4.17. The van der Waals surface area contributed by atoms with E-state index in [1.165, 1.54) is 5.56 Å². The summed E-state index contributed by atoms with van der Waals surface area (Å²) >= 11 is 0. The summed E-state index contributed by atoms with van der Waals surface area (Å²) in [4.78, 5) is 4.06. The predicted molar refractivity (Wildman–Crippen MR) is 82.6 cm³/mol. The van der Waals surface area contributed by atoms with Gasteiger partial charge in [-0.2, -0.15) is 5.10 Å². The van der Waals surface area contributed by atoms with Gasteiger partial charge in [-0.25, -0.2) is 4.98 Å². The molecular formula is C16H19N5. The van der Waals surface area contributed by atoms with Gasteiger partial charge < -0.3 is 9.88 Å². The molecular weight excluding hydrogens is 262 g/mol. The maximum Gasteiger partial charge on any atom is 0.0946 e. The van der Waals surface area contributed by atoms with E-state index in [9.17, 15) is 0 Å².